The number of rotatable bonds is 6. The highest BCUT2D eigenvalue weighted by atomic mass is 16.6. The lowest BCUT2D eigenvalue weighted by Gasteiger charge is -2.11. The molecule has 1 aromatic carbocycles. The van der Waals surface area contributed by atoms with Gasteiger partial charge in [0.05, 0.1) is 21.7 Å². The third kappa shape index (κ3) is 2.84. The van der Waals surface area contributed by atoms with Gasteiger partial charge in [0, 0.05) is 12.7 Å². The van der Waals surface area contributed by atoms with Crippen LogP contribution in [-0.2, 0) is 18.3 Å². The van der Waals surface area contributed by atoms with Crippen LogP contribution in [0.1, 0.15) is 23.2 Å². The fraction of sp³-hybridized carbons (Fsp3) is 0.353. The third-order valence-electron chi connectivity index (χ3n) is 4.41. The molecule has 7 heteroatoms. The predicted octanol–water partition coefficient (Wildman–Crippen LogP) is 1.97. The van der Waals surface area contributed by atoms with Gasteiger partial charge in [0.1, 0.15) is 5.56 Å². The number of fused-ring (bicyclic) bond motifs is 1. The summed E-state index contributed by atoms with van der Waals surface area (Å²) in [5, 5.41) is 21.4. The van der Waals surface area contributed by atoms with E-state index >= 15 is 0 Å². The molecule has 2 rings (SSSR count). The molecule has 0 amide bonds. The van der Waals surface area contributed by atoms with Gasteiger partial charge in [0.15, 0.2) is 0 Å². The number of terminal acetylenes is 1. The van der Waals surface area contributed by atoms with E-state index in [1.165, 1.54) is 6.07 Å². The predicted molar refractivity (Wildman–Crippen MR) is 90.7 cm³/mol. The first-order chi connectivity index (χ1) is 11.3. The number of nitro benzene ring substituents is 1. The number of aromatic nitrogens is 1. The molecule has 1 aromatic heterocycles. The van der Waals surface area contributed by atoms with E-state index in [-0.39, 0.29) is 24.2 Å². The number of nitrogens with zero attached hydrogens (tertiary/aromatic N) is 2. The molecule has 0 radical (unpaired) electrons. The fourth-order valence-electron chi connectivity index (χ4n) is 3.04. The molecule has 0 spiro atoms. The molecule has 0 aliphatic rings. The van der Waals surface area contributed by atoms with Crippen molar-refractivity contribution in [2.45, 2.75) is 19.8 Å². The summed E-state index contributed by atoms with van der Waals surface area (Å²) < 4.78 is 1.82. The quantitative estimate of drug-likeness (QED) is 0.478. The van der Waals surface area contributed by atoms with Crippen LogP contribution in [-0.4, -0.2) is 27.1 Å². The SMILES string of the molecule is C#Cc1ccc2c(c(CC(CCN)C(=O)O)c(C)n2C)c1[N+](=O)[O-]. The number of carboxylic acids is 1. The molecular weight excluding hydrogens is 310 g/mol. The van der Waals surface area contributed by atoms with E-state index in [0.29, 0.717) is 22.9 Å². The average molecular weight is 329 g/mol. The zero-order chi connectivity index (χ0) is 18.0. The maximum atomic E-state index is 11.6. The largest absolute Gasteiger partial charge is 0.481 e. The van der Waals surface area contributed by atoms with Crippen molar-refractivity contribution in [1.29, 1.82) is 0 Å². The van der Waals surface area contributed by atoms with Crippen molar-refractivity contribution < 1.29 is 14.8 Å². The van der Waals surface area contributed by atoms with Gasteiger partial charge in [-0.2, -0.15) is 0 Å². The number of aliphatic carboxylic acids is 1. The summed E-state index contributed by atoms with van der Waals surface area (Å²) in [6.07, 6.45) is 5.87. The lowest BCUT2D eigenvalue weighted by molar-refractivity contribution is -0.383. The van der Waals surface area contributed by atoms with Crippen molar-refractivity contribution in [1.82, 2.24) is 4.57 Å². The molecule has 24 heavy (non-hydrogen) atoms. The molecule has 0 bridgehead atoms. The second-order valence-corrected chi connectivity index (χ2v) is 5.70. The van der Waals surface area contributed by atoms with Gasteiger partial charge in [-0.05, 0) is 44.0 Å². The molecule has 7 nitrogen and oxygen atoms in total. The zero-order valence-corrected chi connectivity index (χ0v) is 13.6. The molecule has 126 valence electrons. The Morgan fingerprint density at radius 1 is 1.54 bits per heavy atom. The van der Waals surface area contributed by atoms with E-state index in [2.05, 4.69) is 5.92 Å². The maximum Gasteiger partial charge on any atom is 0.306 e. The summed E-state index contributed by atoms with van der Waals surface area (Å²) in [4.78, 5) is 22.5. The molecule has 0 aliphatic carbocycles. The van der Waals surface area contributed by atoms with Crippen LogP contribution in [0.3, 0.4) is 0 Å². The van der Waals surface area contributed by atoms with Crippen LogP contribution in [0.15, 0.2) is 12.1 Å². The molecule has 0 saturated carbocycles. The van der Waals surface area contributed by atoms with E-state index in [1.54, 1.807) is 13.1 Å². The maximum absolute atomic E-state index is 11.6. The molecule has 2 aromatic rings. The average Bonchev–Trinajstić information content (AvgIpc) is 2.77. The molecule has 1 heterocycles. The van der Waals surface area contributed by atoms with Gasteiger partial charge in [-0.25, -0.2) is 0 Å². The van der Waals surface area contributed by atoms with Crippen LogP contribution < -0.4 is 5.73 Å². The van der Waals surface area contributed by atoms with Gasteiger partial charge in [0.25, 0.3) is 5.69 Å². The minimum absolute atomic E-state index is 0.148. The van der Waals surface area contributed by atoms with E-state index < -0.39 is 16.8 Å². The highest BCUT2D eigenvalue weighted by Gasteiger charge is 2.28. The van der Waals surface area contributed by atoms with Gasteiger partial charge in [-0.1, -0.05) is 5.92 Å². The number of carboxylic acid groups (broad SMARTS) is 1. The smallest absolute Gasteiger partial charge is 0.306 e. The van der Waals surface area contributed by atoms with E-state index in [1.807, 2.05) is 11.5 Å². The highest BCUT2D eigenvalue weighted by Crippen LogP contribution is 2.36. The van der Waals surface area contributed by atoms with Crippen LogP contribution in [0.2, 0.25) is 0 Å². The molecule has 0 fully saturated rings. The van der Waals surface area contributed by atoms with Gasteiger partial charge in [-0.3, -0.25) is 14.9 Å². The standard InChI is InChI=1S/C17H19N3O4/c1-4-11-5-6-14-15(16(11)20(23)24)13(10(2)19(14)3)9-12(7-8-18)17(21)22/h1,5-6,12H,7-9,18H2,2-3H3,(H,21,22). The van der Waals surface area contributed by atoms with Crippen molar-refractivity contribution in [3.8, 4) is 12.3 Å². The number of aryl methyl sites for hydroxylation is 1. The Labute approximate surface area is 139 Å². The summed E-state index contributed by atoms with van der Waals surface area (Å²) in [5.74, 6) is 0.673. The Kier molecular flexibility index (Phi) is 4.90. The van der Waals surface area contributed by atoms with E-state index in [0.717, 1.165) is 5.69 Å². The van der Waals surface area contributed by atoms with Crippen molar-refractivity contribution in [2.24, 2.45) is 18.7 Å². The number of nitrogens with two attached hydrogens (primary N) is 1. The fourth-order valence-corrected chi connectivity index (χ4v) is 3.04. The van der Waals surface area contributed by atoms with Crippen LogP contribution in [0, 0.1) is 35.3 Å². The van der Waals surface area contributed by atoms with Crippen LogP contribution in [0.25, 0.3) is 10.9 Å². The molecule has 0 aliphatic heterocycles. The van der Waals surface area contributed by atoms with E-state index in [4.69, 9.17) is 12.2 Å². The number of hydrogen-bond donors (Lipinski definition) is 2. The topological polar surface area (TPSA) is 111 Å². The molecule has 1 atom stereocenters. The van der Waals surface area contributed by atoms with Gasteiger partial charge in [-0.15, -0.1) is 6.42 Å². The molecule has 1 unspecified atom stereocenters. The second kappa shape index (κ2) is 6.72. The van der Waals surface area contributed by atoms with Crippen molar-refractivity contribution >= 4 is 22.6 Å². The van der Waals surface area contributed by atoms with Gasteiger partial charge < -0.3 is 15.4 Å². The van der Waals surface area contributed by atoms with Gasteiger partial charge >= 0.3 is 5.97 Å². The number of benzene rings is 1. The first kappa shape index (κ1) is 17.5. The highest BCUT2D eigenvalue weighted by molar-refractivity contribution is 5.96. The summed E-state index contributed by atoms with van der Waals surface area (Å²) in [7, 11) is 1.79. The summed E-state index contributed by atoms with van der Waals surface area (Å²) in [6, 6.07) is 3.27. The lowest BCUT2D eigenvalue weighted by Crippen LogP contribution is -2.20. The number of hydrogen-bond acceptors (Lipinski definition) is 4. The summed E-state index contributed by atoms with van der Waals surface area (Å²) >= 11 is 0. The van der Waals surface area contributed by atoms with Crippen molar-refractivity contribution in [3.05, 3.63) is 39.1 Å². The Morgan fingerprint density at radius 2 is 2.21 bits per heavy atom. The van der Waals surface area contributed by atoms with E-state index in [9.17, 15) is 20.0 Å². The summed E-state index contributed by atoms with van der Waals surface area (Å²) in [6.45, 7) is 2.05. The van der Waals surface area contributed by atoms with Crippen molar-refractivity contribution in [3.63, 3.8) is 0 Å². The monoisotopic (exact) mass is 329 g/mol. The normalized spacial score (nSPS) is 12.1. The molecular formula is C17H19N3O4. The van der Waals surface area contributed by atoms with Crippen LogP contribution in [0.5, 0.6) is 0 Å². The van der Waals surface area contributed by atoms with Crippen LogP contribution >= 0.6 is 0 Å². The number of carbonyl (C=O) groups is 1. The molecule has 3 N–H and O–H groups in total. The minimum atomic E-state index is -0.965. The second-order valence-electron chi connectivity index (χ2n) is 5.70. The first-order valence-electron chi connectivity index (χ1n) is 7.48. The lowest BCUT2D eigenvalue weighted by atomic mass is 9.93. The zero-order valence-electron chi connectivity index (χ0n) is 13.6. The Balaban J connectivity index is 2.78. The Hall–Kier alpha value is -2.85. The Morgan fingerprint density at radius 3 is 2.71 bits per heavy atom. The number of nitro groups is 1. The molecule has 0 saturated heterocycles. The summed E-state index contributed by atoms with van der Waals surface area (Å²) in [5.41, 5.74) is 7.61. The Bertz CT molecular complexity index is 861. The minimum Gasteiger partial charge on any atom is -0.481 e. The first-order valence-corrected chi connectivity index (χ1v) is 7.48. The third-order valence-corrected chi connectivity index (χ3v) is 4.41. The van der Waals surface area contributed by atoms with Gasteiger partial charge in [0.2, 0.25) is 0 Å². The van der Waals surface area contributed by atoms with Crippen molar-refractivity contribution in [2.75, 3.05) is 6.54 Å². The van der Waals surface area contributed by atoms with Crippen LogP contribution in [0.4, 0.5) is 5.69 Å².